The standard InChI is InChI=1S/C17H27NO2/c1-3-14(18)11-13-9-10-16(17(12-13)19-4-2)20-15-7-5-6-8-15/h9-10,12,14-15H,3-8,11,18H2,1-2H3. The zero-order valence-electron chi connectivity index (χ0n) is 12.7. The van der Waals surface area contributed by atoms with E-state index in [9.17, 15) is 0 Å². The van der Waals surface area contributed by atoms with E-state index in [1.54, 1.807) is 0 Å². The molecule has 1 aliphatic carbocycles. The largest absolute Gasteiger partial charge is 0.490 e. The van der Waals surface area contributed by atoms with Crippen molar-refractivity contribution in [2.45, 2.75) is 64.5 Å². The van der Waals surface area contributed by atoms with Gasteiger partial charge in [0.2, 0.25) is 0 Å². The van der Waals surface area contributed by atoms with E-state index >= 15 is 0 Å². The van der Waals surface area contributed by atoms with Crippen molar-refractivity contribution in [3.8, 4) is 11.5 Å². The minimum Gasteiger partial charge on any atom is -0.490 e. The summed E-state index contributed by atoms with van der Waals surface area (Å²) in [6.45, 7) is 4.78. The zero-order chi connectivity index (χ0) is 14.4. The fourth-order valence-corrected chi connectivity index (χ4v) is 2.68. The Morgan fingerprint density at radius 3 is 2.60 bits per heavy atom. The molecule has 0 amide bonds. The molecule has 2 N–H and O–H groups in total. The monoisotopic (exact) mass is 277 g/mol. The molecule has 112 valence electrons. The third-order valence-corrected chi connectivity index (χ3v) is 3.93. The van der Waals surface area contributed by atoms with E-state index in [4.69, 9.17) is 15.2 Å². The molecular weight excluding hydrogens is 250 g/mol. The number of hydrogen-bond acceptors (Lipinski definition) is 3. The first-order chi connectivity index (χ1) is 9.72. The van der Waals surface area contributed by atoms with Crippen molar-refractivity contribution in [3.05, 3.63) is 23.8 Å². The molecule has 1 fully saturated rings. The molecule has 0 heterocycles. The van der Waals surface area contributed by atoms with Crippen LogP contribution in [0.15, 0.2) is 18.2 Å². The summed E-state index contributed by atoms with van der Waals surface area (Å²) in [5.41, 5.74) is 7.25. The summed E-state index contributed by atoms with van der Waals surface area (Å²) in [5, 5.41) is 0. The first-order valence-electron chi connectivity index (χ1n) is 7.90. The third-order valence-electron chi connectivity index (χ3n) is 3.93. The summed E-state index contributed by atoms with van der Waals surface area (Å²) in [6, 6.07) is 6.46. The second-order valence-electron chi connectivity index (χ2n) is 5.61. The van der Waals surface area contributed by atoms with Gasteiger partial charge in [-0.1, -0.05) is 13.0 Å². The van der Waals surface area contributed by atoms with Gasteiger partial charge in [-0.15, -0.1) is 0 Å². The van der Waals surface area contributed by atoms with Crippen LogP contribution in [0.2, 0.25) is 0 Å². The lowest BCUT2D eigenvalue weighted by Crippen LogP contribution is -2.21. The maximum atomic E-state index is 6.09. The van der Waals surface area contributed by atoms with Crippen LogP contribution >= 0.6 is 0 Å². The van der Waals surface area contributed by atoms with Crippen molar-refractivity contribution < 1.29 is 9.47 Å². The normalized spacial score (nSPS) is 17.1. The van der Waals surface area contributed by atoms with Crippen molar-refractivity contribution in [3.63, 3.8) is 0 Å². The van der Waals surface area contributed by atoms with Crippen LogP contribution in [-0.4, -0.2) is 18.8 Å². The Labute approximate surface area is 122 Å². The van der Waals surface area contributed by atoms with Gasteiger partial charge in [0.25, 0.3) is 0 Å². The average Bonchev–Trinajstić information content (AvgIpc) is 2.95. The number of benzene rings is 1. The average molecular weight is 277 g/mol. The van der Waals surface area contributed by atoms with Gasteiger partial charge < -0.3 is 15.2 Å². The lowest BCUT2D eigenvalue weighted by molar-refractivity contribution is 0.196. The molecule has 1 aromatic rings. The fourth-order valence-electron chi connectivity index (χ4n) is 2.68. The highest BCUT2D eigenvalue weighted by atomic mass is 16.5. The third kappa shape index (κ3) is 4.14. The van der Waals surface area contributed by atoms with Crippen LogP contribution in [0.3, 0.4) is 0 Å². The molecule has 0 bridgehead atoms. The van der Waals surface area contributed by atoms with Gasteiger partial charge in [-0.05, 0) is 63.1 Å². The molecule has 0 aromatic heterocycles. The van der Waals surface area contributed by atoms with Crippen LogP contribution in [0.1, 0.15) is 51.5 Å². The van der Waals surface area contributed by atoms with Crippen LogP contribution in [0.25, 0.3) is 0 Å². The maximum absolute atomic E-state index is 6.09. The van der Waals surface area contributed by atoms with E-state index in [0.717, 1.165) is 37.2 Å². The van der Waals surface area contributed by atoms with Crippen LogP contribution in [0.4, 0.5) is 0 Å². The zero-order valence-corrected chi connectivity index (χ0v) is 12.7. The van der Waals surface area contributed by atoms with Crippen molar-refractivity contribution in [2.75, 3.05) is 6.61 Å². The van der Waals surface area contributed by atoms with Crippen LogP contribution < -0.4 is 15.2 Å². The molecule has 0 radical (unpaired) electrons. The quantitative estimate of drug-likeness (QED) is 0.826. The molecule has 3 heteroatoms. The van der Waals surface area contributed by atoms with Gasteiger partial charge >= 0.3 is 0 Å². The smallest absolute Gasteiger partial charge is 0.161 e. The first kappa shape index (κ1) is 15.2. The minimum atomic E-state index is 0.214. The van der Waals surface area contributed by atoms with E-state index in [0.29, 0.717) is 12.7 Å². The topological polar surface area (TPSA) is 44.5 Å². The summed E-state index contributed by atoms with van der Waals surface area (Å²) < 4.78 is 11.8. The van der Waals surface area contributed by atoms with Crippen molar-refractivity contribution in [1.29, 1.82) is 0 Å². The maximum Gasteiger partial charge on any atom is 0.161 e. The minimum absolute atomic E-state index is 0.214. The van der Waals surface area contributed by atoms with Gasteiger partial charge in [-0.3, -0.25) is 0 Å². The van der Waals surface area contributed by atoms with Crippen molar-refractivity contribution in [1.82, 2.24) is 0 Å². The summed E-state index contributed by atoms with van der Waals surface area (Å²) in [6.07, 6.45) is 7.11. The summed E-state index contributed by atoms with van der Waals surface area (Å²) in [7, 11) is 0. The van der Waals surface area contributed by atoms with Crippen LogP contribution in [0, 0.1) is 0 Å². The molecule has 0 saturated heterocycles. The Morgan fingerprint density at radius 2 is 1.95 bits per heavy atom. The van der Waals surface area contributed by atoms with E-state index in [1.165, 1.54) is 18.4 Å². The van der Waals surface area contributed by atoms with Crippen LogP contribution in [0.5, 0.6) is 11.5 Å². The Kier molecular flexibility index (Phi) is 5.72. The summed E-state index contributed by atoms with van der Waals surface area (Å²) in [4.78, 5) is 0. The number of hydrogen-bond donors (Lipinski definition) is 1. The Hall–Kier alpha value is -1.22. The number of nitrogens with two attached hydrogens (primary N) is 1. The van der Waals surface area contributed by atoms with Gasteiger partial charge in [0, 0.05) is 6.04 Å². The Bertz CT molecular complexity index is 413. The molecule has 1 saturated carbocycles. The lowest BCUT2D eigenvalue weighted by atomic mass is 10.0. The molecule has 3 nitrogen and oxygen atoms in total. The van der Waals surface area contributed by atoms with Gasteiger partial charge in [-0.25, -0.2) is 0 Å². The van der Waals surface area contributed by atoms with Crippen LogP contribution in [-0.2, 0) is 6.42 Å². The number of rotatable bonds is 7. The lowest BCUT2D eigenvalue weighted by Gasteiger charge is -2.18. The SMILES string of the molecule is CCOc1cc(CC(N)CC)ccc1OC1CCCC1. The van der Waals surface area contributed by atoms with E-state index in [1.807, 2.05) is 13.0 Å². The molecule has 2 rings (SSSR count). The van der Waals surface area contributed by atoms with Crippen molar-refractivity contribution in [2.24, 2.45) is 5.73 Å². The Balaban J connectivity index is 2.09. The highest BCUT2D eigenvalue weighted by molar-refractivity contribution is 5.43. The fraction of sp³-hybridized carbons (Fsp3) is 0.647. The molecule has 0 spiro atoms. The highest BCUT2D eigenvalue weighted by Gasteiger charge is 2.18. The summed E-state index contributed by atoms with van der Waals surface area (Å²) >= 11 is 0. The van der Waals surface area contributed by atoms with Crippen molar-refractivity contribution >= 4 is 0 Å². The summed E-state index contributed by atoms with van der Waals surface area (Å²) in [5.74, 6) is 1.74. The Morgan fingerprint density at radius 1 is 1.20 bits per heavy atom. The van der Waals surface area contributed by atoms with Gasteiger partial charge in [-0.2, -0.15) is 0 Å². The predicted octanol–water partition coefficient (Wildman–Crippen LogP) is 3.69. The van der Waals surface area contributed by atoms with Gasteiger partial charge in [0.05, 0.1) is 12.7 Å². The molecule has 1 unspecified atom stereocenters. The second-order valence-corrected chi connectivity index (χ2v) is 5.61. The van der Waals surface area contributed by atoms with Gasteiger partial charge in [0.1, 0.15) is 0 Å². The van der Waals surface area contributed by atoms with Gasteiger partial charge in [0.15, 0.2) is 11.5 Å². The second kappa shape index (κ2) is 7.53. The molecule has 1 aliphatic rings. The molecule has 20 heavy (non-hydrogen) atoms. The molecular formula is C17H27NO2. The first-order valence-corrected chi connectivity index (χ1v) is 7.90. The highest BCUT2D eigenvalue weighted by Crippen LogP contribution is 2.32. The number of ether oxygens (including phenoxy) is 2. The molecule has 1 atom stereocenters. The van der Waals surface area contributed by atoms with E-state index in [2.05, 4.69) is 19.1 Å². The van der Waals surface area contributed by atoms with E-state index in [-0.39, 0.29) is 6.04 Å². The molecule has 0 aliphatic heterocycles. The predicted molar refractivity (Wildman–Crippen MR) is 82.5 cm³/mol. The molecule has 1 aromatic carbocycles. The van der Waals surface area contributed by atoms with E-state index < -0.39 is 0 Å².